The molecule has 1 fully saturated rings. The lowest BCUT2D eigenvalue weighted by Crippen LogP contribution is -2.61. The molecular weight excluding hydrogens is 508 g/mol. The van der Waals surface area contributed by atoms with E-state index in [0.717, 1.165) is 6.07 Å². The maximum absolute atomic E-state index is 14.0. The van der Waals surface area contributed by atoms with Crippen LogP contribution in [-0.2, 0) is 21.9 Å². The number of carbonyl (C=O) groups excluding carboxylic acids is 2. The molecule has 12 heteroatoms. The Balaban J connectivity index is 1.68. The molecule has 1 aromatic heterocycles. The van der Waals surface area contributed by atoms with Crippen molar-refractivity contribution < 1.29 is 31.9 Å². The van der Waals surface area contributed by atoms with Crippen LogP contribution >= 0.6 is 0 Å². The standard InChI is InChI=1S/C25H29F2N3O6S/c1-14(2)29-13-25(9-15(10-25)6-7-37(3,35)36)30-12-18(21(31)22(32)20(30)24(29)34)23(33)28-11-16-4-5-17(26)8-19(16)27/h4-5,8,12,14-15,32H,6-7,9-11,13H2,1-3H3,(H,28,33)/t15-,25-. The molecule has 1 saturated carbocycles. The van der Waals surface area contributed by atoms with E-state index in [1.54, 1.807) is 4.90 Å². The Morgan fingerprint density at radius 1 is 1.24 bits per heavy atom. The summed E-state index contributed by atoms with van der Waals surface area (Å²) in [5, 5.41) is 13.2. The van der Waals surface area contributed by atoms with Crippen LogP contribution in [0, 0.1) is 17.6 Å². The van der Waals surface area contributed by atoms with Crippen molar-refractivity contribution in [3.63, 3.8) is 0 Å². The molecule has 0 bridgehead atoms. The Bertz CT molecular complexity index is 1430. The number of benzene rings is 1. The molecule has 2 amide bonds. The largest absolute Gasteiger partial charge is 0.503 e. The fraction of sp³-hybridized carbons (Fsp3) is 0.480. The first-order chi connectivity index (χ1) is 17.2. The van der Waals surface area contributed by atoms with E-state index in [1.807, 2.05) is 13.8 Å². The highest BCUT2D eigenvalue weighted by molar-refractivity contribution is 7.90. The van der Waals surface area contributed by atoms with Gasteiger partial charge in [-0.05, 0) is 45.1 Å². The van der Waals surface area contributed by atoms with Crippen molar-refractivity contribution in [3.05, 3.63) is 63.1 Å². The van der Waals surface area contributed by atoms with E-state index in [9.17, 15) is 36.7 Å². The van der Waals surface area contributed by atoms with Gasteiger partial charge < -0.3 is 19.9 Å². The van der Waals surface area contributed by atoms with Gasteiger partial charge in [0, 0.05) is 43.2 Å². The number of aromatic hydroxyl groups is 1. The Kier molecular flexibility index (Phi) is 6.91. The third kappa shape index (κ3) is 5.11. The highest BCUT2D eigenvalue weighted by atomic mass is 32.2. The molecule has 0 atom stereocenters. The zero-order valence-corrected chi connectivity index (χ0v) is 21.6. The SMILES string of the molecule is CC(C)N1C[C@]2(C[C@@H](CCS(C)(=O)=O)C2)n2cc(C(=O)NCc3ccc(F)cc3F)c(=O)c(O)c2C1=O. The van der Waals surface area contributed by atoms with Crippen LogP contribution in [0.15, 0.2) is 29.2 Å². The van der Waals surface area contributed by atoms with Crippen LogP contribution < -0.4 is 10.7 Å². The van der Waals surface area contributed by atoms with Crippen LogP contribution in [0.1, 0.15) is 59.5 Å². The van der Waals surface area contributed by atoms with Gasteiger partial charge in [-0.1, -0.05) is 6.07 Å². The zero-order valence-electron chi connectivity index (χ0n) is 20.8. The smallest absolute Gasteiger partial charge is 0.274 e. The van der Waals surface area contributed by atoms with Crippen LogP contribution in [0.4, 0.5) is 8.78 Å². The summed E-state index contributed by atoms with van der Waals surface area (Å²) in [5.41, 5.74) is -2.39. The third-order valence-electron chi connectivity index (χ3n) is 7.18. The number of halogens is 2. The van der Waals surface area contributed by atoms with Crippen molar-refractivity contribution >= 4 is 21.7 Å². The number of amides is 2. The van der Waals surface area contributed by atoms with Crippen molar-refractivity contribution in [1.29, 1.82) is 0 Å². The monoisotopic (exact) mass is 537 g/mol. The van der Waals surface area contributed by atoms with Crippen molar-refractivity contribution in [1.82, 2.24) is 14.8 Å². The topological polar surface area (TPSA) is 126 Å². The van der Waals surface area contributed by atoms with Gasteiger partial charge in [0.1, 0.15) is 27.0 Å². The van der Waals surface area contributed by atoms with Crippen LogP contribution in [0.25, 0.3) is 0 Å². The molecule has 2 N–H and O–H groups in total. The zero-order chi connectivity index (χ0) is 27.3. The molecule has 2 aromatic rings. The highest BCUT2D eigenvalue weighted by Gasteiger charge is 2.52. The molecule has 200 valence electrons. The van der Waals surface area contributed by atoms with Crippen LogP contribution in [0.3, 0.4) is 0 Å². The highest BCUT2D eigenvalue weighted by Crippen LogP contribution is 2.49. The van der Waals surface area contributed by atoms with Crippen molar-refractivity contribution in [2.75, 3.05) is 18.6 Å². The maximum atomic E-state index is 14.0. The van der Waals surface area contributed by atoms with Crippen LogP contribution in [0.2, 0.25) is 0 Å². The second-order valence-electron chi connectivity index (χ2n) is 10.3. The van der Waals surface area contributed by atoms with Crippen LogP contribution in [0.5, 0.6) is 5.75 Å². The van der Waals surface area contributed by atoms with E-state index in [2.05, 4.69) is 5.32 Å². The maximum Gasteiger partial charge on any atom is 0.274 e. The predicted molar refractivity (Wildman–Crippen MR) is 131 cm³/mol. The van der Waals surface area contributed by atoms with Gasteiger partial charge in [-0.3, -0.25) is 14.4 Å². The summed E-state index contributed by atoms with van der Waals surface area (Å²) >= 11 is 0. The fourth-order valence-corrected chi connectivity index (χ4v) is 5.98. The minimum Gasteiger partial charge on any atom is -0.503 e. The van der Waals surface area contributed by atoms with E-state index in [4.69, 9.17) is 0 Å². The second-order valence-corrected chi connectivity index (χ2v) is 12.6. The molecule has 1 aliphatic carbocycles. The summed E-state index contributed by atoms with van der Waals surface area (Å²) in [6.45, 7) is 3.57. The van der Waals surface area contributed by atoms with Gasteiger partial charge >= 0.3 is 0 Å². The van der Waals surface area contributed by atoms with Crippen molar-refractivity contribution in [3.8, 4) is 5.75 Å². The first kappa shape index (κ1) is 26.8. The van der Waals surface area contributed by atoms with Gasteiger partial charge in [0.25, 0.3) is 11.8 Å². The molecule has 0 unspecified atom stereocenters. The predicted octanol–water partition coefficient (Wildman–Crippen LogP) is 2.17. The molecular formula is C25H29F2N3O6S. The summed E-state index contributed by atoms with van der Waals surface area (Å²) in [7, 11) is -3.15. The Morgan fingerprint density at radius 3 is 2.51 bits per heavy atom. The van der Waals surface area contributed by atoms with Crippen LogP contribution in [-0.4, -0.2) is 59.4 Å². The van der Waals surface area contributed by atoms with Crippen molar-refractivity contribution in [2.24, 2.45) is 5.92 Å². The second kappa shape index (κ2) is 9.55. The van der Waals surface area contributed by atoms with E-state index >= 15 is 0 Å². The minimum atomic E-state index is -3.15. The fourth-order valence-electron chi connectivity index (χ4n) is 5.22. The number of nitrogens with zero attached hydrogens (tertiary/aromatic N) is 2. The quantitative estimate of drug-likeness (QED) is 0.558. The lowest BCUT2D eigenvalue weighted by atomic mass is 9.65. The summed E-state index contributed by atoms with van der Waals surface area (Å²) in [6, 6.07) is 2.66. The summed E-state index contributed by atoms with van der Waals surface area (Å²) in [4.78, 5) is 40.6. The average Bonchev–Trinajstić information content (AvgIpc) is 2.77. The van der Waals surface area contributed by atoms with Crippen molar-refractivity contribution in [2.45, 2.75) is 51.2 Å². The Labute approximate surface area is 213 Å². The van der Waals surface area contributed by atoms with E-state index in [1.165, 1.54) is 23.1 Å². The molecule has 1 spiro atoms. The molecule has 9 nitrogen and oxygen atoms in total. The molecule has 37 heavy (non-hydrogen) atoms. The third-order valence-corrected chi connectivity index (χ3v) is 8.16. The summed E-state index contributed by atoms with van der Waals surface area (Å²) in [6.07, 6.45) is 3.85. The van der Waals surface area contributed by atoms with Gasteiger partial charge in [-0.2, -0.15) is 0 Å². The van der Waals surface area contributed by atoms with Gasteiger partial charge in [0.05, 0.1) is 11.3 Å². The van der Waals surface area contributed by atoms with Gasteiger partial charge in [0.2, 0.25) is 5.43 Å². The number of sulfone groups is 1. The average molecular weight is 538 g/mol. The Hall–Kier alpha value is -3.28. The van der Waals surface area contributed by atoms with Gasteiger partial charge in [0.15, 0.2) is 11.4 Å². The first-order valence-electron chi connectivity index (χ1n) is 11.9. The number of hydrogen-bond donors (Lipinski definition) is 2. The molecule has 4 rings (SSSR count). The van der Waals surface area contributed by atoms with E-state index in [0.29, 0.717) is 25.3 Å². The minimum absolute atomic E-state index is 0.00367. The van der Waals surface area contributed by atoms with Gasteiger partial charge in [-0.15, -0.1) is 0 Å². The lowest BCUT2D eigenvalue weighted by molar-refractivity contribution is -0.00526. The molecule has 2 aliphatic rings. The summed E-state index contributed by atoms with van der Waals surface area (Å²) in [5.74, 6) is -3.85. The number of hydrogen-bond acceptors (Lipinski definition) is 6. The molecule has 0 saturated heterocycles. The molecule has 2 heterocycles. The number of fused-ring (bicyclic) bond motifs is 2. The van der Waals surface area contributed by atoms with E-state index < -0.39 is 55.6 Å². The molecule has 1 aromatic carbocycles. The number of rotatable bonds is 7. The normalized spacial score (nSPS) is 21.2. The number of nitrogens with one attached hydrogen (secondary N) is 1. The van der Waals surface area contributed by atoms with Gasteiger partial charge in [-0.25, -0.2) is 17.2 Å². The molecule has 1 aliphatic heterocycles. The first-order valence-corrected chi connectivity index (χ1v) is 14.0. The number of carbonyl (C=O) groups is 2. The molecule has 0 radical (unpaired) electrons. The van der Waals surface area contributed by atoms with E-state index in [-0.39, 0.29) is 42.1 Å². The number of aromatic nitrogens is 1. The number of pyridine rings is 1. The lowest BCUT2D eigenvalue weighted by Gasteiger charge is -2.55. The Morgan fingerprint density at radius 2 is 1.92 bits per heavy atom. The summed E-state index contributed by atoms with van der Waals surface area (Å²) < 4.78 is 51.8.